The third kappa shape index (κ3) is 6.19. The van der Waals surface area contributed by atoms with Crippen molar-refractivity contribution in [1.82, 2.24) is 20.0 Å². The van der Waals surface area contributed by atoms with Gasteiger partial charge in [0.2, 0.25) is 0 Å². The number of allylic oxidation sites excluding steroid dienone is 5. The Kier molecular flexibility index (Phi) is 9.17. The second-order valence-electron chi connectivity index (χ2n) is 7.67. The summed E-state index contributed by atoms with van der Waals surface area (Å²) < 4.78 is 56.8. The number of nitrogens with one attached hydrogen (secondary N) is 1. The average Bonchev–Trinajstić information content (AvgIpc) is 3.22. The van der Waals surface area contributed by atoms with Crippen molar-refractivity contribution in [1.29, 1.82) is 0 Å². The number of hydrogen-bond donors (Lipinski definition) is 3. The Labute approximate surface area is 205 Å². The van der Waals surface area contributed by atoms with Crippen LogP contribution in [0.15, 0.2) is 61.3 Å². The van der Waals surface area contributed by atoms with Crippen molar-refractivity contribution in [2.45, 2.75) is 25.6 Å². The van der Waals surface area contributed by atoms with Crippen LogP contribution in [0.5, 0.6) is 0 Å². The van der Waals surface area contributed by atoms with Gasteiger partial charge in [-0.15, -0.1) is 0 Å². The molecular weight excluding hydrogens is 482 g/mol. The van der Waals surface area contributed by atoms with Gasteiger partial charge >= 0.3 is 6.18 Å². The fraction of sp³-hybridized carbons (Fsp3) is 0.292. The number of rotatable bonds is 10. The number of nitrogen functional groups attached to an aromatic ring is 1. The fourth-order valence-electron chi connectivity index (χ4n) is 3.21. The number of amides is 2. The van der Waals surface area contributed by atoms with E-state index in [-0.39, 0.29) is 17.9 Å². The SMILES string of the molecule is C=C/C=C\C(=C/C)n1ncc(C(=O)NCC(O)(CN(CC)C(=O)c2ccccc2F)C(F)(F)F)c1N. The molecule has 8 nitrogen and oxygen atoms in total. The predicted octanol–water partition coefficient (Wildman–Crippen LogP) is 3.39. The fourth-order valence-corrected chi connectivity index (χ4v) is 3.21. The Morgan fingerprint density at radius 2 is 1.94 bits per heavy atom. The maximum absolute atomic E-state index is 14.0. The molecule has 194 valence electrons. The summed E-state index contributed by atoms with van der Waals surface area (Å²) in [6.07, 6.45) is 2.17. The molecule has 2 rings (SSSR count). The van der Waals surface area contributed by atoms with Crippen LogP contribution >= 0.6 is 0 Å². The first-order valence-corrected chi connectivity index (χ1v) is 10.8. The van der Waals surface area contributed by atoms with E-state index < -0.39 is 48.1 Å². The van der Waals surface area contributed by atoms with Crippen LogP contribution in [-0.2, 0) is 0 Å². The third-order valence-electron chi connectivity index (χ3n) is 5.29. The molecule has 0 spiro atoms. The first-order chi connectivity index (χ1) is 16.9. The van der Waals surface area contributed by atoms with Gasteiger partial charge in [0.1, 0.15) is 17.2 Å². The molecule has 0 aliphatic heterocycles. The smallest absolute Gasteiger partial charge is 0.383 e. The molecule has 0 radical (unpaired) electrons. The van der Waals surface area contributed by atoms with E-state index in [2.05, 4.69) is 11.7 Å². The summed E-state index contributed by atoms with van der Waals surface area (Å²) in [5.74, 6) is -3.12. The lowest BCUT2D eigenvalue weighted by Crippen LogP contribution is -2.60. The number of aromatic nitrogens is 2. The zero-order chi connectivity index (χ0) is 27.1. The van der Waals surface area contributed by atoms with Crippen LogP contribution in [0.1, 0.15) is 34.6 Å². The lowest BCUT2D eigenvalue weighted by molar-refractivity contribution is -0.259. The highest BCUT2D eigenvalue weighted by Crippen LogP contribution is 2.31. The van der Waals surface area contributed by atoms with E-state index in [4.69, 9.17) is 5.73 Å². The van der Waals surface area contributed by atoms with Crippen molar-refractivity contribution in [3.63, 3.8) is 0 Å². The standard InChI is InChI=1S/C24H27F4N5O3/c1-4-7-10-16(5-2)33-20(29)18(13-31-33)21(34)30-14-23(36,24(26,27)28)15-32(6-3)22(35)17-11-8-9-12-19(17)25/h4-5,7-13,36H,1,6,14-15,29H2,2-3H3,(H,30,34)/b10-7-,16-5+. The number of likely N-dealkylation sites (N-methyl/N-ethyl adjacent to an activating group) is 1. The van der Waals surface area contributed by atoms with Gasteiger partial charge in [-0.05, 0) is 32.1 Å². The monoisotopic (exact) mass is 509 g/mol. The molecule has 4 N–H and O–H groups in total. The van der Waals surface area contributed by atoms with E-state index in [1.54, 1.807) is 25.2 Å². The van der Waals surface area contributed by atoms with Gasteiger partial charge in [0.25, 0.3) is 11.8 Å². The minimum Gasteiger partial charge on any atom is -0.383 e. The number of benzene rings is 1. The van der Waals surface area contributed by atoms with Gasteiger partial charge in [0, 0.05) is 6.54 Å². The van der Waals surface area contributed by atoms with Gasteiger partial charge in [-0.2, -0.15) is 18.3 Å². The highest BCUT2D eigenvalue weighted by atomic mass is 19.4. The Hall–Kier alpha value is -3.93. The molecule has 0 bridgehead atoms. The maximum atomic E-state index is 14.0. The summed E-state index contributed by atoms with van der Waals surface area (Å²) in [5.41, 5.74) is 2.24. The van der Waals surface area contributed by atoms with Gasteiger partial charge in [0.05, 0.1) is 30.5 Å². The predicted molar refractivity (Wildman–Crippen MR) is 127 cm³/mol. The lowest BCUT2D eigenvalue weighted by atomic mass is 10.0. The topological polar surface area (TPSA) is 113 Å². The largest absolute Gasteiger partial charge is 0.420 e. The zero-order valence-electron chi connectivity index (χ0n) is 19.7. The molecular formula is C24H27F4N5O3. The number of nitrogens with zero attached hydrogens (tertiary/aromatic N) is 3. The quantitative estimate of drug-likeness (QED) is 0.336. The maximum Gasteiger partial charge on any atom is 0.420 e. The molecule has 1 atom stereocenters. The van der Waals surface area contributed by atoms with Gasteiger partial charge in [-0.25, -0.2) is 9.07 Å². The number of nitrogens with two attached hydrogens (primary N) is 1. The number of hydrogen-bond acceptors (Lipinski definition) is 5. The van der Waals surface area contributed by atoms with Crippen molar-refractivity contribution >= 4 is 23.3 Å². The summed E-state index contributed by atoms with van der Waals surface area (Å²) in [6, 6.07) is 4.80. The van der Waals surface area contributed by atoms with Gasteiger partial charge in [-0.1, -0.05) is 36.9 Å². The van der Waals surface area contributed by atoms with Crippen molar-refractivity contribution in [2.75, 3.05) is 25.4 Å². The molecule has 0 aliphatic carbocycles. The van der Waals surface area contributed by atoms with E-state index >= 15 is 0 Å². The van der Waals surface area contributed by atoms with Crippen LogP contribution in [-0.4, -0.2) is 63.0 Å². The van der Waals surface area contributed by atoms with Crippen LogP contribution in [0.4, 0.5) is 23.4 Å². The van der Waals surface area contributed by atoms with E-state index in [1.165, 1.54) is 29.8 Å². The third-order valence-corrected chi connectivity index (χ3v) is 5.29. The number of alkyl halides is 3. The molecule has 0 saturated carbocycles. The van der Waals surface area contributed by atoms with E-state index in [1.807, 2.05) is 5.32 Å². The Morgan fingerprint density at radius 3 is 2.50 bits per heavy atom. The number of carbonyl (C=O) groups is 2. The molecule has 0 aliphatic rings. The van der Waals surface area contributed by atoms with Crippen LogP contribution in [0.25, 0.3) is 5.70 Å². The average molecular weight is 510 g/mol. The molecule has 0 fully saturated rings. The van der Waals surface area contributed by atoms with Gasteiger partial charge < -0.3 is 21.1 Å². The normalized spacial score (nSPS) is 13.9. The van der Waals surface area contributed by atoms with Crippen LogP contribution in [0, 0.1) is 5.82 Å². The number of carbonyl (C=O) groups excluding carboxylic acids is 2. The first kappa shape index (κ1) is 28.3. The van der Waals surface area contributed by atoms with E-state index in [0.29, 0.717) is 10.6 Å². The van der Waals surface area contributed by atoms with Crippen molar-refractivity contribution < 1.29 is 32.3 Å². The van der Waals surface area contributed by atoms with Crippen LogP contribution in [0.2, 0.25) is 0 Å². The number of anilines is 1. The summed E-state index contributed by atoms with van der Waals surface area (Å²) in [5, 5.41) is 16.5. The molecule has 36 heavy (non-hydrogen) atoms. The lowest BCUT2D eigenvalue weighted by Gasteiger charge is -2.35. The summed E-state index contributed by atoms with van der Waals surface area (Å²) in [6.45, 7) is 3.81. The highest BCUT2D eigenvalue weighted by molar-refractivity contribution is 5.99. The molecule has 1 aromatic heterocycles. The van der Waals surface area contributed by atoms with Gasteiger partial charge in [-0.3, -0.25) is 9.59 Å². The minimum atomic E-state index is -5.24. The second kappa shape index (κ2) is 11.7. The van der Waals surface area contributed by atoms with E-state index in [9.17, 15) is 32.3 Å². The molecule has 0 saturated heterocycles. The molecule has 12 heteroatoms. The van der Waals surface area contributed by atoms with Crippen LogP contribution < -0.4 is 11.1 Å². The Morgan fingerprint density at radius 1 is 1.28 bits per heavy atom. The van der Waals surface area contributed by atoms with Gasteiger partial charge in [0.15, 0.2) is 5.60 Å². The highest BCUT2D eigenvalue weighted by Gasteiger charge is 2.55. The van der Waals surface area contributed by atoms with Crippen molar-refractivity contribution in [3.8, 4) is 0 Å². The first-order valence-electron chi connectivity index (χ1n) is 10.8. The minimum absolute atomic E-state index is 0.144. The zero-order valence-corrected chi connectivity index (χ0v) is 19.7. The Bertz CT molecular complexity index is 1170. The summed E-state index contributed by atoms with van der Waals surface area (Å²) in [4.78, 5) is 25.9. The van der Waals surface area contributed by atoms with Crippen LogP contribution in [0.3, 0.4) is 0 Å². The molecule has 1 heterocycles. The molecule has 1 unspecified atom stereocenters. The Balaban J connectivity index is 2.26. The number of aliphatic hydroxyl groups is 1. The van der Waals surface area contributed by atoms with Crippen molar-refractivity contribution in [2.24, 2.45) is 0 Å². The summed E-state index contributed by atoms with van der Waals surface area (Å²) in [7, 11) is 0. The van der Waals surface area contributed by atoms with Crippen molar-refractivity contribution in [3.05, 3.63) is 78.3 Å². The van der Waals surface area contributed by atoms with E-state index in [0.717, 1.165) is 18.3 Å². The second-order valence-corrected chi connectivity index (χ2v) is 7.67. The molecule has 1 aromatic carbocycles. The molecule has 2 amide bonds. The molecule has 2 aromatic rings. The number of halogens is 4. The summed E-state index contributed by atoms with van der Waals surface area (Å²) >= 11 is 0.